The zero-order chi connectivity index (χ0) is 25.3. The molecule has 8 heteroatoms. The highest BCUT2D eigenvalue weighted by molar-refractivity contribution is 6.51. The van der Waals surface area contributed by atoms with Gasteiger partial charge in [0.15, 0.2) is 0 Å². The Labute approximate surface area is 207 Å². The molecule has 1 amide bonds. The second-order valence-electron chi connectivity index (χ2n) is 8.20. The van der Waals surface area contributed by atoms with Gasteiger partial charge >= 0.3 is 0 Å². The maximum absolute atomic E-state index is 13.9. The molecule has 1 aliphatic heterocycles. The number of rotatable bonds is 6. The molecule has 180 valence electrons. The second-order valence-corrected chi connectivity index (χ2v) is 8.61. The number of carbonyl (C=O) groups excluding carboxylic acids is 2. The normalized spacial score (nSPS) is 17.2. The Balaban J connectivity index is 1.91. The maximum Gasteiger partial charge on any atom is 0.300 e. The van der Waals surface area contributed by atoms with E-state index in [9.17, 15) is 19.1 Å². The van der Waals surface area contributed by atoms with Crippen molar-refractivity contribution in [3.05, 3.63) is 94.3 Å². The van der Waals surface area contributed by atoms with Gasteiger partial charge in [-0.3, -0.25) is 14.5 Å². The van der Waals surface area contributed by atoms with Gasteiger partial charge in [0.1, 0.15) is 23.1 Å². The van der Waals surface area contributed by atoms with Crippen molar-refractivity contribution >= 4 is 34.7 Å². The minimum Gasteiger partial charge on any atom is -0.507 e. The van der Waals surface area contributed by atoms with E-state index in [1.54, 1.807) is 48.5 Å². The quantitative estimate of drug-likeness (QED) is 0.262. The summed E-state index contributed by atoms with van der Waals surface area (Å²) in [6.07, 6.45) is -0.0344. The van der Waals surface area contributed by atoms with E-state index < -0.39 is 23.5 Å². The van der Waals surface area contributed by atoms with E-state index in [1.165, 1.54) is 24.1 Å². The van der Waals surface area contributed by atoms with Gasteiger partial charge in [0, 0.05) is 16.8 Å². The third kappa shape index (κ3) is 4.59. The highest BCUT2D eigenvalue weighted by atomic mass is 35.5. The minimum absolute atomic E-state index is 0.0344. The summed E-state index contributed by atoms with van der Waals surface area (Å²) in [6.45, 7) is 3.79. The van der Waals surface area contributed by atoms with Gasteiger partial charge in [0.25, 0.3) is 11.7 Å². The van der Waals surface area contributed by atoms with Gasteiger partial charge in [-0.05, 0) is 62.4 Å². The molecule has 1 aliphatic rings. The molecule has 0 bridgehead atoms. The maximum atomic E-state index is 13.9. The summed E-state index contributed by atoms with van der Waals surface area (Å²) in [5.41, 5.74) is 0.874. The fourth-order valence-corrected chi connectivity index (χ4v) is 4.21. The van der Waals surface area contributed by atoms with Gasteiger partial charge < -0.3 is 14.6 Å². The van der Waals surface area contributed by atoms with Gasteiger partial charge in [0.2, 0.25) is 0 Å². The number of hydrogen-bond acceptors (Lipinski definition) is 5. The lowest BCUT2D eigenvalue weighted by Gasteiger charge is -2.26. The monoisotopic (exact) mass is 495 g/mol. The number of Topliss-reactive ketones (excluding diaryl/α,β-unsaturated/α-hetero) is 1. The van der Waals surface area contributed by atoms with Crippen LogP contribution in [0.25, 0.3) is 5.76 Å². The van der Waals surface area contributed by atoms with Gasteiger partial charge in [-0.25, -0.2) is 4.39 Å². The van der Waals surface area contributed by atoms with Crippen molar-refractivity contribution in [2.75, 3.05) is 12.0 Å². The van der Waals surface area contributed by atoms with Crippen molar-refractivity contribution in [1.29, 1.82) is 0 Å². The lowest BCUT2D eigenvalue weighted by Crippen LogP contribution is -2.29. The average molecular weight is 496 g/mol. The number of amides is 1. The van der Waals surface area contributed by atoms with E-state index in [1.807, 2.05) is 13.8 Å². The molecule has 0 aliphatic carbocycles. The molecule has 0 aromatic heterocycles. The molecule has 1 N–H and O–H groups in total. The van der Waals surface area contributed by atoms with E-state index in [0.717, 1.165) is 6.07 Å². The first-order valence-electron chi connectivity index (χ1n) is 10.9. The van der Waals surface area contributed by atoms with Crippen LogP contribution in [0, 0.1) is 5.82 Å². The molecule has 4 rings (SSSR count). The minimum atomic E-state index is -1.04. The van der Waals surface area contributed by atoms with Crippen molar-refractivity contribution in [3.63, 3.8) is 0 Å². The summed E-state index contributed by atoms with van der Waals surface area (Å²) in [5.74, 6) is -1.79. The summed E-state index contributed by atoms with van der Waals surface area (Å²) in [7, 11) is 1.47. The van der Waals surface area contributed by atoms with Crippen LogP contribution in [0.4, 0.5) is 10.1 Å². The molecule has 1 fully saturated rings. The highest BCUT2D eigenvalue weighted by Crippen LogP contribution is 2.45. The highest BCUT2D eigenvalue weighted by Gasteiger charge is 2.48. The second kappa shape index (κ2) is 9.80. The number of ether oxygens (including phenoxy) is 2. The van der Waals surface area contributed by atoms with Crippen molar-refractivity contribution < 1.29 is 28.6 Å². The van der Waals surface area contributed by atoms with Gasteiger partial charge in [0.05, 0.1) is 29.9 Å². The fourth-order valence-electron chi connectivity index (χ4n) is 4.04. The Hall–Kier alpha value is -3.84. The van der Waals surface area contributed by atoms with Crippen molar-refractivity contribution in [1.82, 2.24) is 0 Å². The lowest BCUT2D eigenvalue weighted by molar-refractivity contribution is -0.132. The summed E-state index contributed by atoms with van der Waals surface area (Å²) in [5, 5.41) is 11.0. The zero-order valence-electron chi connectivity index (χ0n) is 19.3. The smallest absolute Gasteiger partial charge is 0.300 e. The predicted octanol–water partition coefficient (Wildman–Crippen LogP) is 5.90. The number of anilines is 1. The molecular weight excluding hydrogens is 473 g/mol. The average Bonchev–Trinajstić information content (AvgIpc) is 3.10. The van der Waals surface area contributed by atoms with Crippen molar-refractivity contribution in [3.8, 4) is 11.5 Å². The molecule has 6 nitrogen and oxygen atoms in total. The molecular formula is C27H23ClFNO5. The number of methoxy groups -OCH3 is 1. The van der Waals surface area contributed by atoms with Crippen LogP contribution in [0.15, 0.2) is 72.3 Å². The van der Waals surface area contributed by atoms with E-state index in [2.05, 4.69) is 0 Å². The SMILES string of the molecule is COc1ccccc1C1/C(=C(\O)c2ccc(OC(C)C)cc2)C(=O)C(=O)N1c1ccc(F)c(Cl)c1. The van der Waals surface area contributed by atoms with Gasteiger partial charge in [-0.15, -0.1) is 0 Å². The molecule has 1 saturated heterocycles. The molecule has 35 heavy (non-hydrogen) atoms. The topological polar surface area (TPSA) is 76.1 Å². The van der Waals surface area contributed by atoms with E-state index >= 15 is 0 Å². The predicted molar refractivity (Wildman–Crippen MR) is 131 cm³/mol. The Morgan fingerprint density at radius 2 is 1.74 bits per heavy atom. The first kappa shape index (κ1) is 24.3. The third-order valence-electron chi connectivity index (χ3n) is 5.56. The van der Waals surface area contributed by atoms with Crippen LogP contribution >= 0.6 is 11.6 Å². The van der Waals surface area contributed by atoms with Crippen LogP contribution in [0.1, 0.15) is 31.0 Å². The van der Waals surface area contributed by atoms with E-state index in [0.29, 0.717) is 22.6 Å². The van der Waals surface area contributed by atoms with Gasteiger partial charge in [-0.1, -0.05) is 29.8 Å². The zero-order valence-corrected chi connectivity index (χ0v) is 20.0. The van der Waals surface area contributed by atoms with Crippen molar-refractivity contribution in [2.24, 2.45) is 0 Å². The van der Waals surface area contributed by atoms with Crippen molar-refractivity contribution in [2.45, 2.75) is 26.0 Å². The Morgan fingerprint density at radius 1 is 1.06 bits per heavy atom. The van der Waals surface area contributed by atoms with Crippen LogP contribution in [0.5, 0.6) is 11.5 Å². The molecule has 3 aromatic rings. The van der Waals surface area contributed by atoms with Crippen LogP contribution < -0.4 is 14.4 Å². The largest absolute Gasteiger partial charge is 0.507 e. The number of benzene rings is 3. The molecule has 0 saturated carbocycles. The lowest BCUT2D eigenvalue weighted by atomic mass is 9.94. The number of halogens is 2. The Kier molecular flexibility index (Phi) is 6.80. The Bertz CT molecular complexity index is 1320. The van der Waals surface area contributed by atoms with E-state index in [-0.39, 0.29) is 28.1 Å². The number of nitrogens with zero attached hydrogens (tertiary/aromatic N) is 1. The number of ketones is 1. The first-order chi connectivity index (χ1) is 16.7. The fraction of sp³-hybridized carbons (Fsp3) is 0.185. The Morgan fingerprint density at radius 3 is 2.37 bits per heavy atom. The molecule has 1 atom stereocenters. The van der Waals surface area contributed by atoms with Crippen LogP contribution in [0.3, 0.4) is 0 Å². The van der Waals surface area contributed by atoms with Gasteiger partial charge in [-0.2, -0.15) is 0 Å². The summed E-state index contributed by atoms with van der Waals surface area (Å²) in [6, 6.07) is 16.1. The van der Waals surface area contributed by atoms with Crippen LogP contribution in [-0.2, 0) is 9.59 Å². The standard InChI is InChI=1S/C27H23ClFNO5/c1-15(2)35-18-11-8-16(9-12-18)25(31)23-24(19-6-4-5-7-22(19)34-3)30(27(33)26(23)32)17-10-13-21(29)20(28)14-17/h4-15,24,31H,1-3H3/b25-23+. The van der Waals surface area contributed by atoms with E-state index in [4.69, 9.17) is 21.1 Å². The van der Waals surface area contributed by atoms with Crippen LogP contribution in [-0.4, -0.2) is 30.0 Å². The summed E-state index contributed by atoms with van der Waals surface area (Å²) >= 11 is 5.98. The number of hydrogen-bond donors (Lipinski definition) is 1. The molecule has 1 heterocycles. The molecule has 0 spiro atoms. The molecule has 0 radical (unpaired) electrons. The first-order valence-corrected chi connectivity index (χ1v) is 11.3. The summed E-state index contributed by atoms with van der Waals surface area (Å²) < 4.78 is 25.0. The number of aliphatic hydroxyl groups is 1. The number of carbonyl (C=O) groups is 2. The summed E-state index contributed by atoms with van der Waals surface area (Å²) in [4.78, 5) is 27.7. The molecule has 3 aromatic carbocycles. The van der Waals surface area contributed by atoms with Crippen LogP contribution in [0.2, 0.25) is 5.02 Å². The number of para-hydroxylation sites is 1. The molecule has 1 unspecified atom stereocenters. The number of aliphatic hydroxyl groups excluding tert-OH is 1. The third-order valence-corrected chi connectivity index (χ3v) is 5.85.